The van der Waals surface area contributed by atoms with Gasteiger partial charge in [0.15, 0.2) is 5.78 Å². The second-order valence-corrected chi connectivity index (χ2v) is 4.12. The number of aromatic nitrogens is 4. The molecule has 0 aliphatic heterocycles. The summed E-state index contributed by atoms with van der Waals surface area (Å²) < 4.78 is 3.51. The molecular weight excluding hydrogens is 228 g/mol. The summed E-state index contributed by atoms with van der Waals surface area (Å²) in [6.45, 7) is 4.71. The van der Waals surface area contributed by atoms with E-state index < -0.39 is 0 Å². The highest BCUT2D eigenvalue weighted by molar-refractivity contribution is 6.06. The lowest BCUT2D eigenvalue weighted by Crippen LogP contribution is -1.94. The summed E-state index contributed by atoms with van der Waals surface area (Å²) in [6, 6.07) is 1.93. The van der Waals surface area contributed by atoms with Gasteiger partial charge in [-0.05, 0) is 32.1 Å². The second kappa shape index (κ2) is 5.00. The van der Waals surface area contributed by atoms with E-state index in [0.29, 0.717) is 5.56 Å². The molecule has 0 N–H and O–H groups in total. The van der Waals surface area contributed by atoms with E-state index >= 15 is 0 Å². The molecule has 0 bridgehead atoms. The van der Waals surface area contributed by atoms with Gasteiger partial charge in [-0.3, -0.25) is 14.2 Å². The molecule has 0 saturated carbocycles. The third-order valence-electron chi connectivity index (χ3n) is 2.78. The smallest absolute Gasteiger partial charge is 0.189 e. The van der Waals surface area contributed by atoms with Gasteiger partial charge in [0, 0.05) is 25.5 Å². The van der Waals surface area contributed by atoms with Crippen LogP contribution in [0.15, 0.2) is 24.5 Å². The molecule has 5 heteroatoms. The van der Waals surface area contributed by atoms with Crippen LogP contribution in [0.1, 0.15) is 28.7 Å². The number of carbonyl (C=O) groups is 1. The van der Waals surface area contributed by atoms with Crippen molar-refractivity contribution < 1.29 is 4.79 Å². The lowest BCUT2D eigenvalue weighted by atomic mass is 10.2. The second-order valence-electron chi connectivity index (χ2n) is 4.12. The molecule has 0 radical (unpaired) electrons. The van der Waals surface area contributed by atoms with Crippen LogP contribution in [0.25, 0.3) is 6.08 Å². The minimum absolute atomic E-state index is 0.0574. The van der Waals surface area contributed by atoms with E-state index in [0.717, 1.165) is 17.9 Å². The quantitative estimate of drug-likeness (QED) is 0.609. The van der Waals surface area contributed by atoms with Gasteiger partial charge in [-0.15, -0.1) is 0 Å². The first-order valence-electron chi connectivity index (χ1n) is 5.85. The molecule has 2 heterocycles. The maximum atomic E-state index is 11.9. The van der Waals surface area contributed by atoms with Crippen LogP contribution in [0.4, 0.5) is 0 Å². The van der Waals surface area contributed by atoms with E-state index in [1.165, 1.54) is 6.08 Å². The SMILES string of the molecule is CCn1cc(C(=O)/C=C/c2cc(C)n(C)n2)cn1. The molecule has 5 nitrogen and oxygen atoms in total. The molecule has 18 heavy (non-hydrogen) atoms. The van der Waals surface area contributed by atoms with Gasteiger partial charge in [-0.2, -0.15) is 10.2 Å². The molecule has 0 aromatic carbocycles. The number of nitrogens with zero attached hydrogens (tertiary/aromatic N) is 4. The van der Waals surface area contributed by atoms with Gasteiger partial charge in [-0.1, -0.05) is 0 Å². The zero-order valence-corrected chi connectivity index (χ0v) is 10.8. The molecule has 2 aromatic rings. The van der Waals surface area contributed by atoms with Crippen molar-refractivity contribution in [2.45, 2.75) is 20.4 Å². The van der Waals surface area contributed by atoms with Crippen LogP contribution in [0, 0.1) is 6.92 Å². The number of carbonyl (C=O) groups excluding carboxylic acids is 1. The summed E-state index contributed by atoms with van der Waals surface area (Å²) in [6.07, 6.45) is 6.58. The zero-order valence-electron chi connectivity index (χ0n) is 10.8. The van der Waals surface area contributed by atoms with Crippen LogP contribution in [-0.2, 0) is 13.6 Å². The van der Waals surface area contributed by atoms with Crippen molar-refractivity contribution in [2.75, 3.05) is 0 Å². The van der Waals surface area contributed by atoms with Gasteiger partial charge < -0.3 is 0 Å². The largest absolute Gasteiger partial charge is 0.289 e. The topological polar surface area (TPSA) is 52.7 Å². The summed E-state index contributed by atoms with van der Waals surface area (Å²) in [5.74, 6) is -0.0574. The number of rotatable bonds is 4. The van der Waals surface area contributed by atoms with Crippen LogP contribution >= 0.6 is 0 Å². The predicted octanol–water partition coefficient (Wildman–Crippen LogP) is 1.84. The number of hydrogen-bond donors (Lipinski definition) is 0. The Hall–Kier alpha value is -2.17. The van der Waals surface area contributed by atoms with Gasteiger partial charge in [0.05, 0.1) is 17.5 Å². The Balaban J connectivity index is 2.11. The first-order chi connectivity index (χ1) is 8.60. The molecule has 2 rings (SSSR count). The predicted molar refractivity (Wildman–Crippen MR) is 69.2 cm³/mol. The van der Waals surface area contributed by atoms with Crippen LogP contribution in [-0.4, -0.2) is 25.3 Å². The van der Waals surface area contributed by atoms with Crippen molar-refractivity contribution in [1.29, 1.82) is 0 Å². The lowest BCUT2D eigenvalue weighted by molar-refractivity contribution is 0.104. The molecule has 0 fully saturated rings. The Bertz CT molecular complexity index is 572. The third kappa shape index (κ3) is 2.56. The van der Waals surface area contributed by atoms with Gasteiger partial charge in [-0.25, -0.2) is 0 Å². The van der Waals surface area contributed by atoms with Crippen LogP contribution in [0.5, 0.6) is 0 Å². The van der Waals surface area contributed by atoms with Crippen molar-refractivity contribution in [3.63, 3.8) is 0 Å². The average molecular weight is 244 g/mol. The van der Waals surface area contributed by atoms with E-state index in [4.69, 9.17) is 0 Å². The summed E-state index contributed by atoms with van der Waals surface area (Å²) in [5.41, 5.74) is 2.44. The van der Waals surface area contributed by atoms with Crippen LogP contribution in [0.2, 0.25) is 0 Å². The first-order valence-corrected chi connectivity index (χ1v) is 5.85. The van der Waals surface area contributed by atoms with Gasteiger partial charge in [0.1, 0.15) is 0 Å². The highest BCUT2D eigenvalue weighted by Gasteiger charge is 2.05. The normalized spacial score (nSPS) is 11.3. The minimum atomic E-state index is -0.0574. The van der Waals surface area contributed by atoms with E-state index in [9.17, 15) is 4.79 Å². The molecule has 0 saturated heterocycles. The number of hydrogen-bond acceptors (Lipinski definition) is 3. The maximum Gasteiger partial charge on any atom is 0.189 e. The third-order valence-corrected chi connectivity index (χ3v) is 2.78. The van der Waals surface area contributed by atoms with E-state index in [1.54, 1.807) is 27.8 Å². The van der Waals surface area contributed by atoms with Gasteiger partial charge >= 0.3 is 0 Å². The summed E-state index contributed by atoms with van der Waals surface area (Å²) >= 11 is 0. The Morgan fingerprint density at radius 1 is 1.50 bits per heavy atom. The summed E-state index contributed by atoms with van der Waals surface area (Å²) in [7, 11) is 1.87. The van der Waals surface area contributed by atoms with Crippen molar-refractivity contribution in [2.24, 2.45) is 7.05 Å². The van der Waals surface area contributed by atoms with Gasteiger partial charge in [0.25, 0.3) is 0 Å². The zero-order chi connectivity index (χ0) is 13.1. The molecule has 0 spiro atoms. The number of ketones is 1. The standard InChI is InChI=1S/C13H16N4O/c1-4-17-9-11(8-14-17)13(18)6-5-12-7-10(2)16(3)15-12/h5-9H,4H2,1-3H3/b6-5+. The summed E-state index contributed by atoms with van der Waals surface area (Å²) in [4.78, 5) is 11.9. The van der Waals surface area contributed by atoms with Crippen molar-refractivity contribution in [3.8, 4) is 0 Å². The lowest BCUT2D eigenvalue weighted by Gasteiger charge is -1.90. The Labute approximate surface area is 106 Å². The van der Waals surface area contributed by atoms with E-state index in [-0.39, 0.29) is 5.78 Å². The van der Waals surface area contributed by atoms with Crippen molar-refractivity contribution in [1.82, 2.24) is 19.6 Å². The van der Waals surface area contributed by atoms with Crippen LogP contribution in [0.3, 0.4) is 0 Å². The molecule has 0 amide bonds. The van der Waals surface area contributed by atoms with Gasteiger partial charge in [0.2, 0.25) is 0 Å². The highest BCUT2D eigenvalue weighted by Crippen LogP contribution is 2.06. The fourth-order valence-corrected chi connectivity index (χ4v) is 1.59. The Morgan fingerprint density at radius 2 is 2.28 bits per heavy atom. The van der Waals surface area contributed by atoms with E-state index in [2.05, 4.69) is 10.2 Å². The molecule has 94 valence electrons. The van der Waals surface area contributed by atoms with Crippen molar-refractivity contribution in [3.05, 3.63) is 41.5 Å². The molecule has 0 aliphatic carbocycles. The highest BCUT2D eigenvalue weighted by atomic mass is 16.1. The molecular formula is C13H16N4O. The molecule has 2 aromatic heterocycles. The minimum Gasteiger partial charge on any atom is -0.289 e. The molecule has 0 unspecified atom stereocenters. The number of allylic oxidation sites excluding steroid dienone is 1. The fourth-order valence-electron chi connectivity index (χ4n) is 1.59. The Morgan fingerprint density at radius 3 is 2.83 bits per heavy atom. The molecule has 0 aliphatic rings. The van der Waals surface area contributed by atoms with Crippen molar-refractivity contribution >= 4 is 11.9 Å². The Kier molecular flexibility index (Phi) is 3.41. The maximum absolute atomic E-state index is 11.9. The first kappa shape index (κ1) is 12.3. The monoisotopic (exact) mass is 244 g/mol. The number of aryl methyl sites for hydroxylation is 3. The van der Waals surface area contributed by atoms with Crippen LogP contribution < -0.4 is 0 Å². The summed E-state index contributed by atoms with van der Waals surface area (Å²) in [5, 5.41) is 8.33. The average Bonchev–Trinajstić information content (AvgIpc) is 2.94. The molecule has 0 atom stereocenters. The fraction of sp³-hybridized carbons (Fsp3) is 0.308. The van der Waals surface area contributed by atoms with E-state index in [1.807, 2.05) is 27.0 Å².